The van der Waals surface area contributed by atoms with E-state index < -0.39 is 0 Å². The van der Waals surface area contributed by atoms with E-state index in [9.17, 15) is 5.11 Å². The highest BCUT2D eigenvalue weighted by atomic mass is 16.3. The molecule has 5 aliphatic rings. The first kappa shape index (κ1) is 22.5. The minimum atomic E-state index is -0.0840. The Morgan fingerprint density at radius 3 is 2.26 bits per heavy atom. The van der Waals surface area contributed by atoms with Crippen molar-refractivity contribution in [2.75, 3.05) is 0 Å². The molecule has 1 nitrogen and oxygen atoms in total. The van der Waals surface area contributed by atoms with Crippen LogP contribution in [0, 0.1) is 50.7 Å². The normalized spacial score (nSPS) is 52.9. The summed E-state index contributed by atoms with van der Waals surface area (Å²) < 4.78 is 0. The van der Waals surface area contributed by atoms with Crippen molar-refractivity contribution in [1.82, 2.24) is 0 Å². The Kier molecular flexibility index (Phi) is 4.98. The topological polar surface area (TPSA) is 20.2 Å². The van der Waals surface area contributed by atoms with Crippen LogP contribution in [-0.4, -0.2) is 11.2 Å². The van der Waals surface area contributed by atoms with Crippen LogP contribution in [-0.2, 0) is 0 Å². The largest absolute Gasteiger partial charge is 0.393 e. The Balaban J connectivity index is 1.41. The molecule has 0 aromatic carbocycles. The Labute approximate surface area is 192 Å². The highest BCUT2D eigenvalue weighted by molar-refractivity contribution is 5.30. The van der Waals surface area contributed by atoms with E-state index in [0.717, 1.165) is 30.1 Å². The Morgan fingerprint density at radius 2 is 1.55 bits per heavy atom. The third kappa shape index (κ3) is 2.71. The van der Waals surface area contributed by atoms with Crippen molar-refractivity contribution in [3.05, 3.63) is 11.6 Å². The van der Waals surface area contributed by atoms with Crippen LogP contribution in [0.2, 0.25) is 0 Å². The monoisotopic (exact) mass is 426 g/mol. The summed E-state index contributed by atoms with van der Waals surface area (Å²) in [5.41, 5.74) is 3.87. The van der Waals surface area contributed by atoms with Gasteiger partial charge in [0, 0.05) is 0 Å². The Morgan fingerprint density at radius 1 is 0.871 bits per heavy atom. The second-order valence-corrected chi connectivity index (χ2v) is 14.4. The van der Waals surface area contributed by atoms with Crippen molar-refractivity contribution >= 4 is 0 Å². The van der Waals surface area contributed by atoms with Crippen LogP contribution < -0.4 is 0 Å². The molecule has 1 N–H and O–H groups in total. The fourth-order valence-electron chi connectivity index (χ4n) is 11.1. The van der Waals surface area contributed by atoms with Crippen LogP contribution in [0.3, 0.4) is 0 Å². The molecule has 0 aliphatic heterocycles. The van der Waals surface area contributed by atoms with E-state index in [4.69, 9.17) is 0 Å². The summed E-state index contributed by atoms with van der Waals surface area (Å²) in [7, 11) is 0. The van der Waals surface area contributed by atoms with E-state index >= 15 is 0 Å². The van der Waals surface area contributed by atoms with Crippen molar-refractivity contribution in [1.29, 1.82) is 0 Å². The minimum Gasteiger partial charge on any atom is -0.393 e. The zero-order valence-electron chi connectivity index (χ0n) is 21.7. The fraction of sp³-hybridized carbons (Fsp3) is 0.933. The maximum Gasteiger partial charge on any atom is 0.0594 e. The summed E-state index contributed by atoms with van der Waals surface area (Å²) in [6, 6.07) is 0. The predicted molar refractivity (Wildman–Crippen MR) is 131 cm³/mol. The van der Waals surface area contributed by atoms with Gasteiger partial charge in [0.1, 0.15) is 0 Å². The van der Waals surface area contributed by atoms with Gasteiger partial charge in [-0.2, -0.15) is 0 Å². The molecule has 0 heterocycles. The maximum absolute atomic E-state index is 10.8. The molecule has 1 heteroatoms. The van der Waals surface area contributed by atoms with Crippen molar-refractivity contribution in [3.63, 3.8) is 0 Å². The molecule has 0 amide bonds. The first-order valence-corrected chi connectivity index (χ1v) is 13.8. The van der Waals surface area contributed by atoms with Gasteiger partial charge in [-0.15, -0.1) is 0 Å². The minimum absolute atomic E-state index is 0.0840. The van der Waals surface area contributed by atoms with Crippen LogP contribution in [0.5, 0.6) is 0 Å². The predicted octanol–water partition coefficient (Wildman–Crippen LogP) is 8.17. The lowest BCUT2D eigenvalue weighted by Crippen LogP contribution is -2.57. The molecule has 0 unspecified atom stereocenters. The smallest absolute Gasteiger partial charge is 0.0594 e. The SMILES string of the molecule is CC(C)=CCC[C@@H](C)[C@H]1CC[C@@]2(C)[C@@H]3CC[C@H]4C(C)(C)[C@@H](O)CC[C@]45C[C@]35CC[C@@]12C. The van der Waals surface area contributed by atoms with E-state index in [2.05, 4.69) is 54.5 Å². The number of allylic oxidation sites excluding steroid dienone is 2. The highest BCUT2D eigenvalue weighted by Gasteiger charge is 2.82. The quantitative estimate of drug-likeness (QED) is 0.449. The van der Waals surface area contributed by atoms with Gasteiger partial charge in [0.05, 0.1) is 6.10 Å². The van der Waals surface area contributed by atoms with Gasteiger partial charge >= 0.3 is 0 Å². The van der Waals surface area contributed by atoms with Crippen molar-refractivity contribution in [2.45, 2.75) is 125 Å². The van der Waals surface area contributed by atoms with Gasteiger partial charge in [0.25, 0.3) is 0 Å². The summed E-state index contributed by atoms with van der Waals surface area (Å²) in [6.07, 6.45) is 17.6. The van der Waals surface area contributed by atoms with Crippen molar-refractivity contribution < 1.29 is 5.11 Å². The second kappa shape index (κ2) is 6.86. The van der Waals surface area contributed by atoms with E-state index in [0.29, 0.717) is 21.7 Å². The molecule has 31 heavy (non-hydrogen) atoms. The third-order valence-corrected chi connectivity index (χ3v) is 13.0. The second-order valence-electron chi connectivity index (χ2n) is 14.4. The number of rotatable bonds is 4. The summed E-state index contributed by atoms with van der Waals surface area (Å²) in [4.78, 5) is 0. The van der Waals surface area contributed by atoms with Gasteiger partial charge in [0.15, 0.2) is 0 Å². The van der Waals surface area contributed by atoms with Crippen LogP contribution in [0.4, 0.5) is 0 Å². The summed E-state index contributed by atoms with van der Waals surface area (Å²) in [5.74, 6) is 3.46. The Bertz CT molecular complexity index is 760. The third-order valence-electron chi connectivity index (χ3n) is 13.0. The molecule has 5 rings (SSSR count). The van der Waals surface area contributed by atoms with Crippen LogP contribution in [0.25, 0.3) is 0 Å². The van der Waals surface area contributed by atoms with Crippen molar-refractivity contribution in [3.8, 4) is 0 Å². The molecule has 5 aliphatic carbocycles. The molecular weight excluding hydrogens is 376 g/mol. The molecular formula is C30H50O. The first-order chi connectivity index (χ1) is 14.4. The van der Waals surface area contributed by atoms with E-state index in [1.807, 2.05) is 0 Å². The Hall–Kier alpha value is -0.300. The number of aliphatic hydroxyl groups excluding tert-OH is 1. The molecule has 5 fully saturated rings. The zero-order chi connectivity index (χ0) is 22.4. The van der Waals surface area contributed by atoms with E-state index in [-0.39, 0.29) is 11.5 Å². The van der Waals surface area contributed by atoms with E-state index in [1.165, 1.54) is 69.8 Å². The summed E-state index contributed by atoms with van der Waals surface area (Å²) >= 11 is 0. The van der Waals surface area contributed by atoms with Crippen molar-refractivity contribution in [2.24, 2.45) is 50.7 Å². The molecule has 2 spiro atoms. The lowest BCUT2D eigenvalue weighted by atomic mass is 9.41. The standard InChI is InChI=1S/C30H50O/c1-20(2)9-8-10-21(3)22-13-15-28(7)24-12-11-23-26(4,5)25(31)14-16-29(23)19-30(24,29)18-17-27(22,28)6/h9,21-25,31H,8,10-19H2,1-7H3/t21-,22-,23+,24+,25+,27+,28+,29+,30-/m1/s1. The van der Waals surface area contributed by atoms with Crippen LogP contribution >= 0.6 is 0 Å². The molecule has 0 aromatic heterocycles. The summed E-state index contributed by atoms with van der Waals surface area (Å²) in [6.45, 7) is 17.3. The number of hydrogen-bond acceptors (Lipinski definition) is 1. The molecule has 0 bridgehead atoms. The van der Waals surface area contributed by atoms with Gasteiger partial charge in [-0.3, -0.25) is 0 Å². The lowest BCUT2D eigenvalue weighted by Gasteiger charge is -2.63. The maximum atomic E-state index is 10.8. The average molecular weight is 427 g/mol. The molecule has 0 aromatic rings. The van der Waals surface area contributed by atoms with Gasteiger partial charge in [-0.1, -0.05) is 46.3 Å². The number of fused-ring (bicyclic) bond motifs is 2. The fourth-order valence-corrected chi connectivity index (χ4v) is 11.1. The molecule has 5 saturated carbocycles. The van der Waals surface area contributed by atoms with Crippen LogP contribution in [0.1, 0.15) is 119 Å². The lowest BCUT2D eigenvalue weighted by molar-refractivity contribution is -0.161. The molecule has 0 saturated heterocycles. The number of aliphatic hydroxyl groups is 1. The van der Waals surface area contributed by atoms with Gasteiger partial charge in [-0.25, -0.2) is 0 Å². The van der Waals surface area contributed by atoms with Gasteiger partial charge < -0.3 is 5.11 Å². The van der Waals surface area contributed by atoms with Crippen LogP contribution in [0.15, 0.2) is 11.6 Å². The molecule has 176 valence electrons. The zero-order valence-corrected chi connectivity index (χ0v) is 21.7. The number of hydrogen-bond donors (Lipinski definition) is 1. The van der Waals surface area contributed by atoms with Gasteiger partial charge in [0.2, 0.25) is 0 Å². The molecule has 9 atom stereocenters. The van der Waals surface area contributed by atoms with Gasteiger partial charge in [-0.05, 0) is 135 Å². The molecule has 0 radical (unpaired) electrons. The summed E-state index contributed by atoms with van der Waals surface area (Å²) in [5, 5.41) is 10.8. The highest BCUT2D eigenvalue weighted by Crippen LogP contribution is 2.89. The average Bonchev–Trinajstić information content (AvgIpc) is 3.27. The first-order valence-electron chi connectivity index (χ1n) is 13.8. The van der Waals surface area contributed by atoms with E-state index in [1.54, 1.807) is 0 Å².